The standard InChI is InChI=1S/C14H17Si.2ClH.Ti/c1-15(2,3)14-10-9-13(11-14)12-7-5-4-6-8-12;;;/h4-8,11H,10H2,1-3H3;2*1H;. The van der Waals surface area contributed by atoms with Gasteiger partial charge in [-0.05, 0) is 0 Å². The van der Waals surface area contributed by atoms with Crippen molar-refractivity contribution in [1.29, 1.82) is 0 Å². The zero-order chi connectivity index (χ0) is 11.8. The van der Waals surface area contributed by atoms with Gasteiger partial charge >= 0.3 is 111 Å². The Labute approximate surface area is 135 Å². The molecule has 1 aliphatic rings. The molecule has 0 spiro atoms. The molecule has 0 aromatic heterocycles. The summed E-state index contributed by atoms with van der Waals surface area (Å²) in [5, 5.41) is 1.68. The second-order valence-corrected chi connectivity index (χ2v) is 11.4. The molecule has 0 fully saturated rings. The Morgan fingerprint density at radius 1 is 1.00 bits per heavy atom. The third kappa shape index (κ3) is 4.11. The van der Waals surface area contributed by atoms with E-state index < -0.39 is 8.07 Å². The van der Waals surface area contributed by atoms with Gasteiger partial charge < -0.3 is 0 Å². The van der Waals surface area contributed by atoms with Crippen molar-refractivity contribution in [3.8, 4) is 0 Å². The predicted octanol–water partition coefficient (Wildman–Crippen LogP) is 5.00. The Hall–Kier alpha value is 0.211. The molecule has 2 rings (SSSR count). The van der Waals surface area contributed by atoms with E-state index in [1.165, 1.54) is 21.4 Å². The maximum Gasteiger partial charge on any atom is -0.147 e. The van der Waals surface area contributed by atoms with E-state index >= 15 is 0 Å². The minimum Gasteiger partial charge on any atom is -0.147 e. The Bertz CT molecular complexity index is 458. The van der Waals surface area contributed by atoms with E-state index in [0.717, 1.165) is 0 Å². The molecule has 4 heteroatoms. The summed E-state index contributed by atoms with van der Waals surface area (Å²) in [5.41, 5.74) is 2.83. The largest absolute Gasteiger partial charge is 0.147 e. The zero-order valence-electron chi connectivity index (χ0n) is 11.0. The smallest absolute Gasteiger partial charge is 0.147 e. The van der Waals surface area contributed by atoms with Gasteiger partial charge in [-0.2, -0.15) is 0 Å². The third-order valence-corrected chi connectivity index (χ3v) is 6.00. The molecule has 1 aromatic carbocycles. The van der Waals surface area contributed by atoms with E-state index in [2.05, 4.69) is 76.5 Å². The fraction of sp³-hybridized carbons (Fsp3) is 0.286. The molecule has 0 radical (unpaired) electrons. The number of hydrogen-bond donors (Lipinski definition) is 0. The molecule has 0 saturated heterocycles. The van der Waals surface area contributed by atoms with Gasteiger partial charge in [0.1, 0.15) is 0 Å². The van der Waals surface area contributed by atoms with Gasteiger partial charge in [0, 0.05) is 0 Å². The monoisotopic (exact) mass is 333 g/mol. The van der Waals surface area contributed by atoms with Gasteiger partial charge in [-0.15, -0.1) is 24.8 Å². The van der Waals surface area contributed by atoms with E-state index in [-0.39, 0.29) is 24.8 Å². The minimum atomic E-state index is -1.12. The fourth-order valence-electron chi connectivity index (χ4n) is 1.95. The van der Waals surface area contributed by atoms with Crippen LogP contribution in [0.5, 0.6) is 0 Å². The van der Waals surface area contributed by atoms with Crippen molar-refractivity contribution in [2.24, 2.45) is 0 Å². The SMILES string of the molecule is C[Si](C)(C)C1=CC(c2ccccc2)=[C]([Ti])C1.Cl.Cl. The first-order valence-electron chi connectivity index (χ1n) is 5.70. The first kappa shape index (κ1) is 18.2. The Balaban J connectivity index is 0.00000144. The second kappa shape index (κ2) is 7.12. The van der Waals surface area contributed by atoms with E-state index in [0.29, 0.717) is 0 Å². The summed E-state index contributed by atoms with van der Waals surface area (Å²) in [5.74, 6) is 0. The summed E-state index contributed by atoms with van der Waals surface area (Å²) in [6, 6.07) is 10.7. The Kier molecular flexibility index (Phi) is 7.20. The predicted molar refractivity (Wildman–Crippen MR) is 83.9 cm³/mol. The summed E-state index contributed by atoms with van der Waals surface area (Å²) >= 11 is 2.27. The van der Waals surface area contributed by atoms with E-state index in [1.807, 2.05) is 0 Å². The Morgan fingerprint density at radius 2 is 1.56 bits per heavy atom. The molecule has 0 unspecified atom stereocenters. The quantitative estimate of drug-likeness (QED) is 0.668. The van der Waals surface area contributed by atoms with Crippen molar-refractivity contribution in [1.82, 2.24) is 0 Å². The number of rotatable bonds is 2. The topological polar surface area (TPSA) is 0 Å². The summed E-state index contributed by atoms with van der Waals surface area (Å²) in [4.78, 5) is 0. The van der Waals surface area contributed by atoms with Crippen LogP contribution < -0.4 is 0 Å². The van der Waals surface area contributed by atoms with Crippen molar-refractivity contribution in [2.45, 2.75) is 26.1 Å². The molecule has 0 heterocycles. The number of allylic oxidation sites excluding steroid dienone is 4. The van der Waals surface area contributed by atoms with Gasteiger partial charge in [-0.25, -0.2) is 0 Å². The summed E-state index contributed by atoms with van der Waals surface area (Å²) in [7, 11) is -1.12. The molecule has 0 nitrogen and oxygen atoms in total. The van der Waals surface area contributed by atoms with Gasteiger partial charge in [0.2, 0.25) is 0 Å². The molecular formula is C14H19Cl2SiTi. The Morgan fingerprint density at radius 3 is 2.00 bits per heavy atom. The van der Waals surface area contributed by atoms with Crippen LogP contribution in [0.1, 0.15) is 12.0 Å². The molecule has 1 aromatic rings. The number of hydrogen-bond acceptors (Lipinski definition) is 0. The van der Waals surface area contributed by atoms with E-state index in [9.17, 15) is 0 Å². The molecule has 0 atom stereocenters. The van der Waals surface area contributed by atoms with Crippen LogP contribution in [-0.4, -0.2) is 8.07 Å². The maximum absolute atomic E-state index is 2.44. The molecule has 97 valence electrons. The van der Waals surface area contributed by atoms with Crippen LogP contribution in [0.4, 0.5) is 0 Å². The third-order valence-electron chi connectivity index (χ3n) is 3.06. The van der Waals surface area contributed by atoms with Crippen LogP contribution in [0.15, 0.2) is 45.5 Å². The van der Waals surface area contributed by atoms with Crippen LogP contribution in [0, 0.1) is 0 Å². The zero-order valence-corrected chi connectivity index (χ0v) is 15.2. The minimum absolute atomic E-state index is 0. The molecule has 0 N–H and O–H groups in total. The van der Waals surface area contributed by atoms with E-state index in [1.54, 1.807) is 5.20 Å². The van der Waals surface area contributed by atoms with Crippen molar-refractivity contribution < 1.29 is 20.4 Å². The van der Waals surface area contributed by atoms with Crippen LogP contribution in [-0.2, 0) is 20.4 Å². The second-order valence-electron chi connectivity index (χ2n) is 5.35. The molecule has 0 bridgehead atoms. The molecule has 1 aliphatic carbocycles. The van der Waals surface area contributed by atoms with Gasteiger partial charge in [-0.3, -0.25) is 0 Å². The van der Waals surface area contributed by atoms with Crippen LogP contribution >= 0.6 is 24.8 Å². The molecule has 18 heavy (non-hydrogen) atoms. The average Bonchev–Trinajstić information content (AvgIpc) is 2.61. The van der Waals surface area contributed by atoms with Crippen molar-refractivity contribution in [2.75, 3.05) is 0 Å². The van der Waals surface area contributed by atoms with Gasteiger partial charge in [0.05, 0.1) is 0 Å². The molecule has 0 aliphatic heterocycles. The van der Waals surface area contributed by atoms with Gasteiger partial charge in [-0.1, -0.05) is 0 Å². The molecule has 0 saturated carbocycles. The maximum atomic E-state index is 2.44. The van der Waals surface area contributed by atoms with E-state index in [4.69, 9.17) is 0 Å². The first-order valence-corrected chi connectivity index (χ1v) is 9.98. The number of halogens is 2. The fourth-order valence-corrected chi connectivity index (χ4v) is 4.15. The molecular weight excluding hydrogens is 315 g/mol. The van der Waals surface area contributed by atoms with Gasteiger partial charge in [0.25, 0.3) is 0 Å². The normalized spacial score (nSPS) is 14.7. The number of benzene rings is 1. The van der Waals surface area contributed by atoms with Crippen molar-refractivity contribution in [3.05, 3.63) is 51.0 Å². The van der Waals surface area contributed by atoms with Crippen LogP contribution in [0.2, 0.25) is 19.6 Å². The first-order chi connectivity index (χ1) is 7.48. The van der Waals surface area contributed by atoms with Crippen molar-refractivity contribution in [3.63, 3.8) is 0 Å². The van der Waals surface area contributed by atoms with Crippen LogP contribution in [0.3, 0.4) is 0 Å². The average molecular weight is 334 g/mol. The van der Waals surface area contributed by atoms with Gasteiger partial charge in [0.15, 0.2) is 0 Å². The van der Waals surface area contributed by atoms with Crippen LogP contribution in [0.25, 0.3) is 5.57 Å². The molecule has 0 amide bonds. The summed E-state index contributed by atoms with van der Waals surface area (Å²) < 4.78 is 1.53. The summed E-state index contributed by atoms with van der Waals surface area (Å²) in [6.45, 7) is 7.29. The summed E-state index contributed by atoms with van der Waals surface area (Å²) in [6.07, 6.45) is 3.64. The van der Waals surface area contributed by atoms with Crippen molar-refractivity contribution >= 4 is 38.5 Å².